The normalized spacial score (nSPS) is 12.0. The molecule has 0 aliphatic carbocycles. The number of aliphatic hydroxyl groups excluding tert-OH is 1. The number of aliphatic hydroxyl groups is 1. The predicted octanol–water partition coefficient (Wildman–Crippen LogP) is 5.92. The Morgan fingerprint density at radius 3 is 2.56 bits per heavy atom. The van der Waals surface area contributed by atoms with Gasteiger partial charge in [-0.05, 0) is 30.7 Å². The molecule has 6 nitrogen and oxygen atoms in total. The van der Waals surface area contributed by atoms with Crippen LogP contribution in [0.25, 0.3) is 26.9 Å². The molecule has 1 N–H and O–H groups in total. The summed E-state index contributed by atoms with van der Waals surface area (Å²) in [6.07, 6.45) is -1.67. The van der Waals surface area contributed by atoms with Crippen LogP contribution >= 0.6 is 34.5 Å². The van der Waals surface area contributed by atoms with Crippen LogP contribution in [0.3, 0.4) is 0 Å². The summed E-state index contributed by atoms with van der Waals surface area (Å²) in [6, 6.07) is 4.33. The van der Waals surface area contributed by atoms with Crippen molar-refractivity contribution in [1.82, 2.24) is 19.6 Å². The lowest BCUT2D eigenvalue weighted by atomic mass is 10.1. The molecule has 4 aromatic rings. The molecule has 4 rings (SSSR count). The Kier molecular flexibility index (Phi) is 6.30. The molecule has 0 amide bonds. The molecule has 0 atom stereocenters. The third kappa shape index (κ3) is 4.54. The van der Waals surface area contributed by atoms with Gasteiger partial charge in [-0.2, -0.15) is 13.2 Å². The zero-order valence-electron chi connectivity index (χ0n) is 16.5. The highest BCUT2D eigenvalue weighted by Crippen LogP contribution is 2.38. The van der Waals surface area contributed by atoms with Gasteiger partial charge < -0.3 is 14.2 Å². The van der Waals surface area contributed by atoms with Crippen LogP contribution in [-0.2, 0) is 6.18 Å². The number of alkyl halides is 3. The Morgan fingerprint density at radius 2 is 1.84 bits per heavy atom. The fourth-order valence-corrected chi connectivity index (χ4v) is 4.36. The molecule has 0 radical (unpaired) electrons. The number of aryl methyl sites for hydroxylation is 1. The maximum Gasteiger partial charge on any atom is 0.417 e. The number of rotatable bonds is 6. The van der Waals surface area contributed by atoms with Crippen LogP contribution in [0.2, 0.25) is 10.0 Å². The number of nitrogens with zero attached hydrogens (tertiary/aromatic N) is 4. The first kappa shape index (κ1) is 22.8. The maximum atomic E-state index is 13.1. The number of fused-ring (bicyclic) bond motifs is 1. The average molecular weight is 503 g/mol. The van der Waals surface area contributed by atoms with Crippen LogP contribution in [0.1, 0.15) is 17.5 Å². The Bertz CT molecular complexity index is 1290. The van der Waals surface area contributed by atoms with E-state index in [4.69, 9.17) is 33.0 Å². The minimum absolute atomic E-state index is 0.0320. The van der Waals surface area contributed by atoms with Crippen molar-refractivity contribution in [2.24, 2.45) is 0 Å². The topological polar surface area (TPSA) is 72.5 Å². The number of benzene rings is 1. The first-order chi connectivity index (χ1) is 15.2. The van der Waals surface area contributed by atoms with Gasteiger partial charge in [-0.15, -0.1) is 10.2 Å². The van der Waals surface area contributed by atoms with Crippen LogP contribution in [0.15, 0.2) is 30.6 Å². The lowest BCUT2D eigenvalue weighted by Crippen LogP contribution is -2.06. The molecular weight excluding hydrogens is 488 g/mol. The number of imidazole rings is 1. The Balaban J connectivity index is 1.66. The van der Waals surface area contributed by atoms with Gasteiger partial charge in [0.25, 0.3) is 0 Å². The van der Waals surface area contributed by atoms with Crippen LogP contribution in [0.4, 0.5) is 13.2 Å². The summed E-state index contributed by atoms with van der Waals surface area (Å²) < 4.78 is 46.0. The molecule has 0 fully saturated rings. The quantitative estimate of drug-likeness (QED) is 0.331. The zero-order valence-corrected chi connectivity index (χ0v) is 18.8. The molecule has 168 valence electrons. The molecule has 0 unspecified atom stereocenters. The van der Waals surface area contributed by atoms with Crippen LogP contribution in [0.5, 0.6) is 5.75 Å². The minimum Gasteiger partial charge on any atom is -0.493 e. The Hall–Kier alpha value is -2.40. The molecule has 3 heterocycles. The van der Waals surface area contributed by atoms with Gasteiger partial charge in [0, 0.05) is 31.0 Å². The number of ether oxygens (including phenoxy) is 1. The van der Waals surface area contributed by atoms with Gasteiger partial charge in [-0.1, -0.05) is 34.5 Å². The van der Waals surface area contributed by atoms with Crippen molar-refractivity contribution in [3.63, 3.8) is 0 Å². The van der Waals surface area contributed by atoms with Crippen molar-refractivity contribution in [1.29, 1.82) is 0 Å². The first-order valence-corrected chi connectivity index (χ1v) is 10.9. The van der Waals surface area contributed by atoms with E-state index < -0.39 is 11.7 Å². The molecule has 0 aliphatic rings. The van der Waals surface area contributed by atoms with Crippen molar-refractivity contribution in [2.45, 2.75) is 19.5 Å². The van der Waals surface area contributed by atoms with Crippen molar-refractivity contribution in [2.75, 3.05) is 13.2 Å². The van der Waals surface area contributed by atoms with Gasteiger partial charge in [-0.25, -0.2) is 4.98 Å². The van der Waals surface area contributed by atoms with Crippen LogP contribution in [-0.4, -0.2) is 37.9 Å². The smallest absolute Gasteiger partial charge is 0.417 e. The third-order valence-corrected chi connectivity index (χ3v) is 6.10. The van der Waals surface area contributed by atoms with Gasteiger partial charge in [0.2, 0.25) is 0 Å². The summed E-state index contributed by atoms with van der Waals surface area (Å²) in [5.41, 5.74) is 1.12. The second-order valence-corrected chi connectivity index (χ2v) is 8.66. The van der Waals surface area contributed by atoms with Crippen molar-refractivity contribution < 1.29 is 23.0 Å². The summed E-state index contributed by atoms with van der Waals surface area (Å²) in [5.74, 6) is 0.604. The summed E-state index contributed by atoms with van der Waals surface area (Å²) in [4.78, 5) is 4.31. The number of halogens is 5. The lowest BCUT2D eigenvalue weighted by molar-refractivity contribution is -0.137. The second kappa shape index (κ2) is 8.86. The van der Waals surface area contributed by atoms with E-state index >= 15 is 0 Å². The molecule has 12 heteroatoms. The number of pyridine rings is 1. The van der Waals surface area contributed by atoms with E-state index in [2.05, 4.69) is 15.2 Å². The predicted molar refractivity (Wildman–Crippen MR) is 116 cm³/mol. The highest BCUT2D eigenvalue weighted by atomic mass is 35.5. The highest BCUT2D eigenvalue weighted by Gasteiger charge is 2.32. The number of aromatic nitrogens is 4. The van der Waals surface area contributed by atoms with Gasteiger partial charge >= 0.3 is 6.18 Å². The number of hydrogen-bond donors (Lipinski definition) is 1. The van der Waals surface area contributed by atoms with E-state index in [1.54, 1.807) is 6.07 Å². The van der Waals surface area contributed by atoms with Crippen molar-refractivity contribution in [3.8, 4) is 27.0 Å². The highest BCUT2D eigenvalue weighted by molar-refractivity contribution is 7.18. The van der Waals surface area contributed by atoms with E-state index in [1.165, 1.54) is 21.9 Å². The second-order valence-electron chi connectivity index (χ2n) is 6.87. The monoisotopic (exact) mass is 502 g/mol. The van der Waals surface area contributed by atoms with E-state index in [0.717, 1.165) is 17.8 Å². The standard InChI is InChI=1S/C20H15Cl2F3N4O2S/c1-10-5-12(13(21)7-16(10)31-4-2-3-30)18-27-28-19(32-18)15-9-29-8-11(20(23,24)25)6-14(22)17(29)26-15/h5-9,30H,2-4H2,1H3. The number of hydrogen-bond acceptors (Lipinski definition) is 6. The van der Waals surface area contributed by atoms with Crippen molar-refractivity contribution in [3.05, 3.63) is 51.8 Å². The fraction of sp³-hybridized carbons (Fsp3) is 0.250. The Morgan fingerprint density at radius 1 is 1.09 bits per heavy atom. The van der Waals surface area contributed by atoms with Crippen LogP contribution < -0.4 is 4.74 Å². The molecule has 1 aromatic carbocycles. The van der Waals surface area contributed by atoms with Gasteiger partial charge in [0.1, 0.15) is 16.5 Å². The third-order valence-electron chi connectivity index (χ3n) is 4.53. The Labute approximate surface area is 194 Å². The van der Waals surface area contributed by atoms with Crippen LogP contribution in [0, 0.1) is 6.92 Å². The summed E-state index contributed by atoms with van der Waals surface area (Å²) in [7, 11) is 0. The average Bonchev–Trinajstić information content (AvgIpc) is 3.37. The molecular formula is C20H15Cl2F3N4O2S. The fourth-order valence-electron chi connectivity index (χ4n) is 2.98. The molecule has 0 bridgehead atoms. The van der Waals surface area contributed by atoms with Gasteiger partial charge in [-0.3, -0.25) is 0 Å². The molecule has 0 saturated carbocycles. The van der Waals surface area contributed by atoms with E-state index in [0.29, 0.717) is 45.1 Å². The molecule has 3 aromatic heterocycles. The largest absolute Gasteiger partial charge is 0.493 e. The van der Waals surface area contributed by atoms with Gasteiger partial charge in [0.15, 0.2) is 10.7 Å². The lowest BCUT2D eigenvalue weighted by Gasteiger charge is -2.11. The van der Waals surface area contributed by atoms with E-state index in [9.17, 15) is 13.2 Å². The first-order valence-electron chi connectivity index (χ1n) is 9.31. The summed E-state index contributed by atoms with van der Waals surface area (Å²) in [6.45, 7) is 2.26. The molecule has 0 spiro atoms. The SMILES string of the molecule is Cc1cc(-c2nnc(-c3cn4cc(C(F)(F)F)cc(Cl)c4n3)s2)c(Cl)cc1OCCCO. The minimum atomic E-state index is -4.53. The molecule has 0 saturated heterocycles. The van der Waals surface area contributed by atoms with Gasteiger partial charge in [0.05, 0.1) is 22.2 Å². The van der Waals surface area contributed by atoms with E-state index in [-0.39, 0.29) is 17.3 Å². The maximum absolute atomic E-state index is 13.1. The van der Waals surface area contributed by atoms with Crippen molar-refractivity contribution >= 4 is 40.2 Å². The molecule has 0 aliphatic heterocycles. The van der Waals surface area contributed by atoms with E-state index in [1.807, 2.05) is 13.0 Å². The summed E-state index contributed by atoms with van der Waals surface area (Å²) >= 11 is 13.6. The summed E-state index contributed by atoms with van der Waals surface area (Å²) in [5, 5.41) is 18.4. The molecule has 32 heavy (non-hydrogen) atoms. The zero-order chi connectivity index (χ0) is 23.0.